The lowest BCUT2D eigenvalue weighted by molar-refractivity contribution is -0.0337. The highest BCUT2D eigenvalue weighted by atomic mass is 32.2. The van der Waals surface area contributed by atoms with Crippen molar-refractivity contribution in [2.75, 3.05) is 25.4 Å². The first-order valence-corrected chi connectivity index (χ1v) is 10.9. The fraction of sp³-hybridized carbons (Fsp3) is 0.429. The van der Waals surface area contributed by atoms with E-state index in [0.29, 0.717) is 6.61 Å². The van der Waals surface area contributed by atoms with Crippen molar-refractivity contribution in [2.45, 2.75) is 37.2 Å². The van der Waals surface area contributed by atoms with Gasteiger partial charge < -0.3 is 10.1 Å². The van der Waals surface area contributed by atoms with Crippen LogP contribution in [0.4, 0.5) is 8.78 Å². The second kappa shape index (κ2) is 10.6. The van der Waals surface area contributed by atoms with E-state index in [4.69, 9.17) is 4.74 Å². The van der Waals surface area contributed by atoms with E-state index >= 15 is 0 Å². The first-order valence-electron chi connectivity index (χ1n) is 9.28. The van der Waals surface area contributed by atoms with Crippen LogP contribution in [0.25, 0.3) is 0 Å². The predicted molar refractivity (Wildman–Crippen MR) is 106 cm³/mol. The number of nitrogens with one attached hydrogen (secondary N) is 1. The molecule has 0 aliphatic carbocycles. The Morgan fingerprint density at radius 3 is 2.39 bits per heavy atom. The molecule has 0 aliphatic heterocycles. The van der Waals surface area contributed by atoms with Crippen LogP contribution in [0.2, 0.25) is 0 Å². The highest BCUT2D eigenvalue weighted by Crippen LogP contribution is 2.18. The highest BCUT2D eigenvalue weighted by molar-refractivity contribution is 7.91. The highest BCUT2D eigenvalue weighted by Gasteiger charge is 2.27. The zero-order chi connectivity index (χ0) is 20.5. The van der Waals surface area contributed by atoms with Crippen molar-refractivity contribution in [3.63, 3.8) is 0 Å². The van der Waals surface area contributed by atoms with Crippen LogP contribution >= 0.6 is 0 Å². The lowest BCUT2D eigenvalue weighted by atomic mass is 10.2. The first-order chi connectivity index (χ1) is 13.3. The van der Waals surface area contributed by atoms with Crippen molar-refractivity contribution in [1.82, 2.24) is 5.32 Å². The summed E-state index contributed by atoms with van der Waals surface area (Å²) in [4.78, 5) is 0.263. The molecule has 28 heavy (non-hydrogen) atoms. The number of sulfone groups is 1. The van der Waals surface area contributed by atoms with E-state index in [1.807, 2.05) is 37.3 Å². The number of hydrogen-bond donors (Lipinski definition) is 1. The summed E-state index contributed by atoms with van der Waals surface area (Å²) in [7, 11) is -3.38. The van der Waals surface area contributed by atoms with Gasteiger partial charge in [-0.3, -0.25) is 0 Å². The van der Waals surface area contributed by atoms with Crippen LogP contribution in [0.1, 0.15) is 24.0 Å². The molecule has 0 bridgehead atoms. The zero-order valence-corrected chi connectivity index (χ0v) is 16.9. The van der Waals surface area contributed by atoms with Crippen LogP contribution in [0.15, 0.2) is 59.5 Å². The third kappa shape index (κ3) is 8.04. The first kappa shape index (κ1) is 22.5. The van der Waals surface area contributed by atoms with E-state index in [-0.39, 0.29) is 36.6 Å². The van der Waals surface area contributed by atoms with Gasteiger partial charge in [-0.1, -0.05) is 48.0 Å². The van der Waals surface area contributed by atoms with Gasteiger partial charge >= 0.3 is 0 Å². The molecular weight excluding hydrogens is 384 g/mol. The second-order valence-corrected chi connectivity index (χ2v) is 8.92. The molecule has 0 spiro atoms. The Hall–Kier alpha value is -1.83. The molecule has 2 aromatic carbocycles. The maximum atomic E-state index is 13.9. The lowest BCUT2D eigenvalue weighted by Gasteiger charge is -2.17. The molecule has 1 N–H and O–H groups in total. The van der Waals surface area contributed by atoms with Gasteiger partial charge in [0, 0.05) is 6.42 Å². The molecule has 0 radical (unpaired) electrons. The number of rotatable bonds is 12. The van der Waals surface area contributed by atoms with Gasteiger partial charge in [-0.15, -0.1) is 0 Å². The standard InChI is InChI=1S/C21H27F2NO3S/c1-18-8-10-20(11-9-18)28(25,26)15-5-13-24-17-21(22,23)12-14-27-16-19-6-3-2-4-7-19/h2-4,6-11,24H,5,12-17H2,1H3. The van der Waals surface area contributed by atoms with Crippen molar-refractivity contribution in [2.24, 2.45) is 0 Å². The summed E-state index contributed by atoms with van der Waals surface area (Å²) in [5.41, 5.74) is 1.93. The van der Waals surface area contributed by atoms with Gasteiger partial charge in [0.15, 0.2) is 9.84 Å². The Kier molecular flexibility index (Phi) is 8.54. The Morgan fingerprint density at radius 1 is 1.04 bits per heavy atom. The summed E-state index contributed by atoms with van der Waals surface area (Å²) in [6.07, 6.45) is -0.106. The maximum absolute atomic E-state index is 13.9. The average molecular weight is 412 g/mol. The van der Waals surface area contributed by atoms with Gasteiger partial charge in [0.2, 0.25) is 0 Å². The number of halogens is 2. The number of ether oxygens (including phenoxy) is 1. The van der Waals surface area contributed by atoms with Gasteiger partial charge in [0.25, 0.3) is 5.92 Å². The Bertz CT molecular complexity index is 809. The van der Waals surface area contributed by atoms with Gasteiger partial charge in [0.1, 0.15) is 0 Å². The molecule has 0 saturated heterocycles. The smallest absolute Gasteiger partial charge is 0.262 e. The second-order valence-electron chi connectivity index (χ2n) is 6.81. The average Bonchev–Trinajstić information content (AvgIpc) is 2.66. The van der Waals surface area contributed by atoms with Crippen molar-refractivity contribution < 1.29 is 21.9 Å². The topological polar surface area (TPSA) is 55.4 Å². The van der Waals surface area contributed by atoms with Gasteiger partial charge in [-0.2, -0.15) is 0 Å². The van der Waals surface area contributed by atoms with Gasteiger partial charge in [0.05, 0.1) is 30.4 Å². The van der Waals surface area contributed by atoms with E-state index in [9.17, 15) is 17.2 Å². The third-order valence-electron chi connectivity index (χ3n) is 4.25. The number of alkyl halides is 2. The number of benzene rings is 2. The molecule has 0 atom stereocenters. The molecule has 0 heterocycles. The lowest BCUT2D eigenvalue weighted by Crippen LogP contribution is -2.34. The minimum absolute atomic E-state index is 0.0363. The van der Waals surface area contributed by atoms with E-state index in [0.717, 1.165) is 11.1 Å². The Morgan fingerprint density at radius 2 is 1.71 bits per heavy atom. The van der Waals surface area contributed by atoms with Crippen molar-refractivity contribution >= 4 is 9.84 Å². The minimum atomic E-state index is -3.38. The molecule has 0 amide bonds. The summed E-state index contributed by atoms with van der Waals surface area (Å²) in [5, 5.41) is 2.65. The number of aryl methyl sites for hydroxylation is 1. The molecule has 0 unspecified atom stereocenters. The molecule has 0 aromatic heterocycles. The monoisotopic (exact) mass is 411 g/mol. The normalized spacial score (nSPS) is 12.2. The fourth-order valence-corrected chi connectivity index (χ4v) is 3.91. The van der Waals surface area contributed by atoms with Crippen molar-refractivity contribution in [3.05, 3.63) is 65.7 Å². The summed E-state index contributed by atoms with van der Waals surface area (Å²) >= 11 is 0. The summed E-state index contributed by atoms with van der Waals surface area (Å²) in [6.45, 7) is 1.87. The largest absolute Gasteiger partial charge is 0.377 e. The summed E-state index contributed by atoms with van der Waals surface area (Å²) < 4.78 is 57.4. The van der Waals surface area contributed by atoms with Gasteiger partial charge in [-0.25, -0.2) is 17.2 Å². The number of hydrogen-bond acceptors (Lipinski definition) is 4. The zero-order valence-electron chi connectivity index (χ0n) is 16.0. The van der Waals surface area contributed by atoms with Crippen LogP contribution in [-0.4, -0.2) is 39.8 Å². The predicted octanol–water partition coefficient (Wildman–Crippen LogP) is 3.99. The molecule has 4 nitrogen and oxygen atoms in total. The molecule has 0 saturated carbocycles. The summed E-state index contributed by atoms with van der Waals surface area (Å²) in [5.74, 6) is -2.97. The SMILES string of the molecule is Cc1ccc(S(=O)(=O)CCCNCC(F)(F)CCOCc2ccccc2)cc1. The molecule has 7 heteroatoms. The quantitative estimate of drug-likeness (QED) is 0.537. The van der Waals surface area contributed by atoms with Crippen LogP contribution in [0.5, 0.6) is 0 Å². The van der Waals surface area contributed by atoms with E-state index < -0.39 is 22.3 Å². The summed E-state index contributed by atoms with van der Waals surface area (Å²) in [6, 6.07) is 16.0. The third-order valence-corrected chi connectivity index (χ3v) is 6.07. The van der Waals surface area contributed by atoms with Crippen LogP contribution in [0.3, 0.4) is 0 Å². The van der Waals surface area contributed by atoms with E-state index in [1.54, 1.807) is 24.3 Å². The van der Waals surface area contributed by atoms with Crippen molar-refractivity contribution in [3.8, 4) is 0 Å². The molecular formula is C21H27F2NO3S. The molecule has 0 aliphatic rings. The van der Waals surface area contributed by atoms with Crippen LogP contribution in [0, 0.1) is 6.92 Å². The van der Waals surface area contributed by atoms with Gasteiger partial charge in [-0.05, 0) is 37.6 Å². The fourth-order valence-electron chi connectivity index (χ4n) is 2.60. The van der Waals surface area contributed by atoms with Crippen LogP contribution < -0.4 is 5.32 Å². The molecule has 2 aromatic rings. The Balaban J connectivity index is 1.61. The van der Waals surface area contributed by atoms with Crippen LogP contribution in [-0.2, 0) is 21.2 Å². The van der Waals surface area contributed by atoms with E-state index in [2.05, 4.69) is 5.32 Å². The van der Waals surface area contributed by atoms with Crippen molar-refractivity contribution in [1.29, 1.82) is 0 Å². The van der Waals surface area contributed by atoms with E-state index in [1.165, 1.54) is 0 Å². The molecule has 154 valence electrons. The minimum Gasteiger partial charge on any atom is -0.377 e. The molecule has 0 fully saturated rings. The molecule has 2 rings (SSSR count). The Labute approximate surface area is 165 Å². The maximum Gasteiger partial charge on any atom is 0.262 e.